The first-order chi connectivity index (χ1) is 7.88. The minimum absolute atomic E-state index is 0.716. The van der Waals surface area contributed by atoms with Gasteiger partial charge in [0.25, 0.3) is 0 Å². The number of likely N-dealkylation sites (tertiary alicyclic amines) is 1. The highest BCUT2D eigenvalue weighted by molar-refractivity contribution is 4.95. The molecule has 1 aliphatic heterocycles. The topological polar surface area (TPSA) is 41.3 Å². The van der Waals surface area contributed by atoms with Gasteiger partial charge >= 0.3 is 0 Å². The van der Waals surface area contributed by atoms with E-state index in [2.05, 4.69) is 22.3 Å². The summed E-state index contributed by atoms with van der Waals surface area (Å²) < 4.78 is 4.84. The predicted octanol–water partition coefficient (Wildman–Crippen LogP) is 1.64. The Kier molecular flexibility index (Phi) is 4.36. The van der Waals surface area contributed by atoms with Gasteiger partial charge in [-0.1, -0.05) is 12.1 Å². The van der Waals surface area contributed by atoms with Crippen molar-refractivity contribution in [2.24, 2.45) is 0 Å². The Morgan fingerprint density at radius 3 is 2.94 bits per heavy atom. The first kappa shape index (κ1) is 11.6. The number of nitrogens with zero attached hydrogens (tertiary/aromatic N) is 2. The molecular weight excluding hydrogens is 202 g/mol. The molecule has 0 saturated carbocycles. The fourth-order valence-corrected chi connectivity index (χ4v) is 2.19. The number of piperidine rings is 1. The maximum absolute atomic E-state index is 4.84. The van der Waals surface area contributed by atoms with Crippen LogP contribution in [-0.2, 0) is 6.54 Å². The zero-order valence-electron chi connectivity index (χ0n) is 9.98. The van der Waals surface area contributed by atoms with Crippen LogP contribution in [0.4, 0.5) is 0 Å². The van der Waals surface area contributed by atoms with Gasteiger partial charge in [-0.2, -0.15) is 0 Å². The summed E-state index contributed by atoms with van der Waals surface area (Å²) in [5, 5.41) is 7.54. The van der Waals surface area contributed by atoms with E-state index in [0.717, 1.165) is 31.9 Å². The minimum Gasteiger partial charge on any atom is -0.364 e. The van der Waals surface area contributed by atoms with Crippen LogP contribution in [0.25, 0.3) is 0 Å². The molecule has 2 rings (SSSR count). The number of nitrogens with one attached hydrogen (secondary N) is 1. The Morgan fingerprint density at radius 1 is 1.50 bits per heavy atom. The van der Waals surface area contributed by atoms with Crippen molar-refractivity contribution in [3.8, 4) is 0 Å². The van der Waals surface area contributed by atoms with E-state index < -0.39 is 0 Å². The summed E-state index contributed by atoms with van der Waals surface area (Å²) in [5.74, 6) is 0. The molecule has 4 nitrogen and oxygen atoms in total. The molecule has 2 heterocycles. The lowest BCUT2D eigenvalue weighted by molar-refractivity contribution is 0.186. The van der Waals surface area contributed by atoms with Crippen molar-refractivity contribution < 1.29 is 4.52 Å². The van der Waals surface area contributed by atoms with Crippen molar-refractivity contribution in [2.75, 3.05) is 19.6 Å². The van der Waals surface area contributed by atoms with Crippen molar-refractivity contribution in [2.45, 2.75) is 38.8 Å². The normalized spacial score (nSPS) is 19.1. The van der Waals surface area contributed by atoms with Gasteiger partial charge < -0.3 is 9.84 Å². The average molecular weight is 223 g/mol. The quantitative estimate of drug-likeness (QED) is 0.824. The monoisotopic (exact) mass is 223 g/mol. The molecule has 0 radical (unpaired) electrons. The largest absolute Gasteiger partial charge is 0.364 e. The smallest absolute Gasteiger partial charge is 0.124 e. The maximum Gasteiger partial charge on any atom is 0.124 e. The molecule has 1 aromatic rings. The summed E-state index contributed by atoms with van der Waals surface area (Å²) in [6.07, 6.45) is 5.36. The van der Waals surface area contributed by atoms with E-state index in [1.807, 2.05) is 6.07 Å². The van der Waals surface area contributed by atoms with Gasteiger partial charge in [0.05, 0.1) is 5.69 Å². The summed E-state index contributed by atoms with van der Waals surface area (Å²) >= 11 is 0. The Hall–Kier alpha value is -0.870. The summed E-state index contributed by atoms with van der Waals surface area (Å²) in [7, 11) is 0. The van der Waals surface area contributed by atoms with Gasteiger partial charge in [0.15, 0.2) is 0 Å². The molecule has 1 N–H and O–H groups in total. The molecule has 0 unspecified atom stereocenters. The Morgan fingerprint density at radius 2 is 2.31 bits per heavy atom. The number of rotatable bonds is 5. The van der Waals surface area contributed by atoms with Crippen LogP contribution in [0.2, 0.25) is 0 Å². The SMILES string of the molecule is CCCNC1CCN(Cc2ccon2)CC1. The van der Waals surface area contributed by atoms with Crippen LogP contribution in [0.1, 0.15) is 31.9 Å². The second-order valence-electron chi connectivity index (χ2n) is 4.50. The molecule has 4 heteroatoms. The lowest BCUT2D eigenvalue weighted by Crippen LogP contribution is -2.42. The van der Waals surface area contributed by atoms with Gasteiger partial charge in [0.2, 0.25) is 0 Å². The molecule has 0 aromatic carbocycles. The van der Waals surface area contributed by atoms with Crippen molar-refractivity contribution in [1.29, 1.82) is 0 Å². The van der Waals surface area contributed by atoms with Gasteiger partial charge in [-0.05, 0) is 25.8 Å². The van der Waals surface area contributed by atoms with E-state index in [9.17, 15) is 0 Å². The third-order valence-corrected chi connectivity index (χ3v) is 3.15. The van der Waals surface area contributed by atoms with Crippen LogP contribution >= 0.6 is 0 Å². The van der Waals surface area contributed by atoms with E-state index in [0.29, 0.717) is 6.04 Å². The fraction of sp³-hybridized carbons (Fsp3) is 0.750. The van der Waals surface area contributed by atoms with Gasteiger partial charge in [0, 0.05) is 31.7 Å². The third-order valence-electron chi connectivity index (χ3n) is 3.15. The number of hydrogen-bond acceptors (Lipinski definition) is 4. The molecule has 1 saturated heterocycles. The standard InChI is InChI=1S/C12H21N3O/c1-2-6-13-11-3-7-15(8-4-11)10-12-5-9-16-14-12/h5,9,11,13H,2-4,6-8,10H2,1H3. The second-order valence-corrected chi connectivity index (χ2v) is 4.50. The van der Waals surface area contributed by atoms with Gasteiger partial charge in [-0.25, -0.2) is 0 Å². The molecule has 0 bridgehead atoms. The number of hydrogen-bond donors (Lipinski definition) is 1. The van der Waals surface area contributed by atoms with Crippen molar-refractivity contribution >= 4 is 0 Å². The first-order valence-corrected chi connectivity index (χ1v) is 6.23. The lowest BCUT2D eigenvalue weighted by atomic mass is 10.0. The first-order valence-electron chi connectivity index (χ1n) is 6.23. The van der Waals surface area contributed by atoms with E-state index in [4.69, 9.17) is 4.52 Å². The summed E-state index contributed by atoms with van der Waals surface area (Å²) in [6.45, 7) is 6.61. The average Bonchev–Trinajstić information content (AvgIpc) is 2.81. The van der Waals surface area contributed by atoms with E-state index >= 15 is 0 Å². The van der Waals surface area contributed by atoms with Gasteiger partial charge in [0.1, 0.15) is 6.26 Å². The van der Waals surface area contributed by atoms with Crippen molar-refractivity contribution in [1.82, 2.24) is 15.4 Å². The molecule has 0 spiro atoms. The maximum atomic E-state index is 4.84. The predicted molar refractivity (Wildman–Crippen MR) is 63.1 cm³/mol. The lowest BCUT2D eigenvalue weighted by Gasteiger charge is -2.31. The molecule has 0 aliphatic carbocycles. The van der Waals surface area contributed by atoms with Crippen LogP contribution in [0, 0.1) is 0 Å². The van der Waals surface area contributed by atoms with Gasteiger partial charge in [-0.15, -0.1) is 0 Å². The fourth-order valence-electron chi connectivity index (χ4n) is 2.19. The van der Waals surface area contributed by atoms with Crippen LogP contribution in [0.15, 0.2) is 16.9 Å². The highest BCUT2D eigenvalue weighted by Crippen LogP contribution is 2.12. The van der Waals surface area contributed by atoms with Crippen LogP contribution in [0.5, 0.6) is 0 Å². The highest BCUT2D eigenvalue weighted by Gasteiger charge is 2.18. The summed E-state index contributed by atoms with van der Waals surface area (Å²) in [6, 6.07) is 2.66. The van der Waals surface area contributed by atoms with Gasteiger partial charge in [-0.3, -0.25) is 4.90 Å². The molecule has 0 amide bonds. The van der Waals surface area contributed by atoms with E-state index in [1.54, 1.807) is 6.26 Å². The van der Waals surface area contributed by atoms with E-state index in [-0.39, 0.29) is 0 Å². The Bertz CT molecular complexity index is 278. The summed E-state index contributed by atoms with van der Waals surface area (Å²) in [4.78, 5) is 2.45. The molecule has 1 aromatic heterocycles. The Balaban J connectivity index is 1.69. The molecule has 90 valence electrons. The number of aromatic nitrogens is 1. The van der Waals surface area contributed by atoms with Crippen LogP contribution in [0.3, 0.4) is 0 Å². The Labute approximate surface area is 97.0 Å². The molecule has 16 heavy (non-hydrogen) atoms. The van der Waals surface area contributed by atoms with E-state index in [1.165, 1.54) is 19.3 Å². The molecular formula is C12H21N3O. The van der Waals surface area contributed by atoms with Crippen LogP contribution < -0.4 is 5.32 Å². The van der Waals surface area contributed by atoms with Crippen LogP contribution in [-0.4, -0.2) is 35.7 Å². The molecule has 1 fully saturated rings. The van der Waals surface area contributed by atoms with Crippen molar-refractivity contribution in [3.05, 3.63) is 18.0 Å². The van der Waals surface area contributed by atoms with Crippen molar-refractivity contribution in [3.63, 3.8) is 0 Å². The highest BCUT2D eigenvalue weighted by atomic mass is 16.5. The second kappa shape index (κ2) is 6.01. The third kappa shape index (κ3) is 3.32. The zero-order chi connectivity index (χ0) is 11.2. The summed E-state index contributed by atoms with van der Waals surface area (Å²) in [5.41, 5.74) is 1.04. The molecule has 1 aliphatic rings. The molecule has 0 atom stereocenters. The zero-order valence-corrected chi connectivity index (χ0v) is 9.98. The minimum atomic E-state index is 0.716.